The molecule has 4 nitrogen and oxygen atoms in total. The first-order valence-electron chi connectivity index (χ1n) is 7.34. The Morgan fingerprint density at radius 1 is 1.16 bits per heavy atom. The molecule has 25 heavy (non-hydrogen) atoms. The van der Waals surface area contributed by atoms with Crippen molar-refractivity contribution in [2.75, 3.05) is 0 Å². The fourth-order valence-corrected chi connectivity index (χ4v) is 2.97. The minimum absolute atomic E-state index is 0.0607. The summed E-state index contributed by atoms with van der Waals surface area (Å²) in [6, 6.07) is 13.6. The molecule has 128 valence electrons. The first-order valence-corrected chi connectivity index (χ1v) is 8.16. The minimum Gasteiger partial charge on any atom is -0.455 e. The van der Waals surface area contributed by atoms with Crippen molar-refractivity contribution in [3.8, 4) is 5.75 Å². The first kappa shape index (κ1) is 17.0. The largest absolute Gasteiger partial charge is 0.455 e. The normalized spacial score (nSPS) is 11.3. The van der Waals surface area contributed by atoms with Crippen LogP contribution in [0.4, 0.5) is 8.78 Å². The van der Waals surface area contributed by atoms with Gasteiger partial charge in [0.05, 0.1) is 10.2 Å². The van der Waals surface area contributed by atoms with E-state index in [1.807, 2.05) is 24.3 Å². The van der Waals surface area contributed by atoms with Crippen LogP contribution in [-0.4, -0.2) is 17.6 Å². The summed E-state index contributed by atoms with van der Waals surface area (Å²) in [6.07, 6.45) is 2.81. The van der Waals surface area contributed by atoms with Crippen molar-refractivity contribution in [3.05, 3.63) is 65.2 Å². The lowest BCUT2D eigenvalue weighted by Gasteiger charge is -2.03. The van der Waals surface area contributed by atoms with Crippen molar-refractivity contribution in [1.82, 2.24) is 4.98 Å². The molecular formula is C18H13F2NO3S. The maximum absolute atomic E-state index is 12.1. The highest BCUT2D eigenvalue weighted by Crippen LogP contribution is 2.22. The van der Waals surface area contributed by atoms with Crippen molar-refractivity contribution in [1.29, 1.82) is 0 Å². The van der Waals surface area contributed by atoms with Gasteiger partial charge in [-0.25, -0.2) is 9.78 Å². The molecule has 0 fully saturated rings. The predicted octanol–water partition coefficient (Wildman–Crippen LogP) is 4.65. The van der Waals surface area contributed by atoms with Crippen LogP contribution in [0.1, 0.15) is 10.6 Å². The van der Waals surface area contributed by atoms with Crippen LogP contribution in [0.2, 0.25) is 0 Å². The van der Waals surface area contributed by atoms with Gasteiger partial charge in [-0.2, -0.15) is 8.78 Å². The minimum atomic E-state index is -2.86. The molecule has 7 heteroatoms. The van der Waals surface area contributed by atoms with E-state index in [0.29, 0.717) is 5.56 Å². The fourth-order valence-electron chi connectivity index (χ4n) is 2.09. The summed E-state index contributed by atoms with van der Waals surface area (Å²) in [4.78, 5) is 16.1. The molecule has 0 bridgehead atoms. The zero-order chi connectivity index (χ0) is 17.6. The number of para-hydroxylation sites is 1. The third kappa shape index (κ3) is 4.84. The smallest absolute Gasteiger partial charge is 0.387 e. The lowest BCUT2D eigenvalue weighted by molar-refractivity contribution is -0.138. The van der Waals surface area contributed by atoms with E-state index in [-0.39, 0.29) is 12.4 Å². The van der Waals surface area contributed by atoms with Gasteiger partial charge in [-0.05, 0) is 35.9 Å². The molecule has 0 saturated heterocycles. The van der Waals surface area contributed by atoms with Crippen LogP contribution < -0.4 is 4.74 Å². The highest BCUT2D eigenvalue weighted by atomic mass is 32.1. The lowest BCUT2D eigenvalue weighted by atomic mass is 10.2. The monoisotopic (exact) mass is 361 g/mol. The number of rotatable bonds is 6. The number of aromatic nitrogens is 1. The third-order valence-corrected chi connectivity index (χ3v) is 4.20. The zero-order valence-electron chi connectivity index (χ0n) is 12.9. The highest BCUT2D eigenvalue weighted by Gasteiger charge is 2.06. The van der Waals surface area contributed by atoms with Crippen LogP contribution in [-0.2, 0) is 16.1 Å². The summed E-state index contributed by atoms with van der Waals surface area (Å²) < 4.78 is 34.6. The molecule has 0 atom stereocenters. The molecule has 0 unspecified atom stereocenters. The summed E-state index contributed by atoms with van der Waals surface area (Å²) in [7, 11) is 0. The van der Waals surface area contributed by atoms with Crippen molar-refractivity contribution >= 4 is 33.6 Å². The molecule has 1 heterocycles. The van der Waals surface area contributed by atoms with Gasteiger partial charge >= 0.3 is 12.6 Å². The maximum atomic E-state index is 12.1. The topological polar surface area (TPSA) is 48.4 Å². The molecule has 0 spiro atoms. The van der Waals surface area contributed by atoms with Gasteiger partial charge in [0.2, 0.25) is 0 Å². The Balaban J connectivity index is 1.53. The summed E-state index contributed by atoms with van der Waals surface area (Å²) in [5.41, 5.74) is 1.54. The Bertz CT molecular complexity index is 858. The molecule has 3 aromatic rings. The molecule has 0 saturated carbocycles. The van der Waals surface area contributed by atoms with E-state index >= 15 is 0 Å². The fraction of sp³-hybridized carbons (Fsp3) is 0.111. The van der Waals surface area contributed by atoms with Gasteiger partial charge in [-0.15, -0.1) is 11.3 Å². The number of ether oxygens (including phenoxy) is 2. The van der Waals surface area contributed by atoms with Crippen LogP contribution in [0.3, 0.4) is 0 Å². The van der Waals surface area contributed by atoms with Crippen molar-refractivity contribution in [2.24, 2.45) is 0 Å². The van der Waals surface area contributed by atoms with E-state index < -0.39 is 12.6 Å². The second kappa shape index (κ2) is 7.85. The average Bonchev–Trinajstić information content (AvgIpc) is 3.02. The van der Waals surface area contributed by atoms with Crippen LogP contribution in [0, 0.1) is 0 Å². The van der Waals surface area contributed by atoms with E-state index in [9.17, 15) is 13.6 Å². The van der Waals surface area contributed by atoms with Gasteiger partial charge < -0.3 is 9.47 Å². The Hall–Kier alpha value is -2.80. The van der Waals surface area contributed by atoms with Crippen LogP contribution in [0.5, 0.6) is 5.75 Å². The Morgan fingerprint density at radius 3 is 2.64 bits per heavy atom. The zero-order valence-corrected chi connectivity index (χ0v) is 13.7. The number of esters is 1. The average molecular weight is 361 g/mol. The third-order valence-electron chi connectivity index (χ3n) is 3.19. The summed E-state index contributed by atoms with van der Waals surface area (Å²) in [5, 5.41) is 0.719. The number of alkyl halides is 2. The molecule has 3 rings (SSSR count). The second-order valence-electron chi connectivity index (χ2n) is 4.96. The molecule has 0 aliphatic carbocycles. The van der Waals surface area contributed by atoms with Gasteiger partial charge in [0, 0.05) is 6.08 Å². The summed E-state index contributed by atoms with van der Waals surface area (Å²) in [5.74, 6) is -0.447. The number of thiazole rings is 1. The molecule has 0 radical (unpaired) electrons. The Morgan fingerprint density at radius 2 is 1.92 bits per heavy atom. The number of hydrogen-bond acceptors (Lipinski definition) is 5. The van der Waals surface area contributed by atoms with Crippen molar-refractivity contribution in [3.63, 3.8) is 0 Å². The summed E-state index contributed by atoms with van der Waals surface area (Å²) >= 11 is 1.47. The Kier molecular flexibility index (Phi) is 5.35. The number of nitrogens with zero attached hydrogens (tertiary/aromatic N) is 1. The predicted molar refractivity (Wildman–Crippen MR) is 91.5 cm³/mol. The number of benzene rings is 2. The number of hydrogen-bond donors (Lipinski definition) is 0. The van der Waals surface area contributed by atoms with E-state index in [0.717, 1.165) is 15.2 Å². The van der Waals surface area contributed by atoms with Gasteiger partial charge in [0.1, 0.15) is 17.4 Å². The van der Waals surface area contributed by atoms with Crippen LogP contribution >= 0.6 is 11.3 Å². The number of carbonyl (C=O) groups is 1. The lowest BCUT2D eigenvalue weighted by Crippen LogP contribution is -2.01. The highest BCUT2D eigenvalue weighted by molar-refractivity contribution is 7.18. The molecule has 0 aliphatic heterocycles. The van der Waals surface area contributed by atoms with E-state index in [2.05, 4.69) is 9.72 Å². The molecule has 1 aromatic heterocycles. The van der Waals surface area contributed by atoms with Gasteiger partial charge in [0.25, 0.3) is 0 Å². The van der Waals surface area contributed by atoms with Crippen LogP contribution in [0.25, 0.3) is 16.3 Å². The van der Waals surface area contributed by atoms with E-state index in [4.69, 9.17) is 4.74 Å². The van der Waals surface area contributed by atoms with Gasteiger partial charge in [0.15, 0.2) is 0 Å². The number of halogens is 2. The van der Waals surface area contributed by atoms with Crippen LogP contribution in [0.15, 0.2) is 54.6 Å². The SMILES string of the molecule is O=C(/C=C/c1ccc(OC(F)F)cc1)OCc1nc2ccccc2s1. The Labute approximate surface area is 146 Å². The van der Waals surface area contributed by atoms with Gasteiger partial charge in [-0.3, -0.25) is 0 Å². The van der Waals surface area contributed by atoms with E-state index in [1.165, 1.54) is 35.6 Å². The maximum Gasteiger partial charge on any atom is 0.387 e. The molecule has 2 aromatic carbocycles. The van der Waals surface area contributed by atoms with Gasteiger partial charge in [-0.1, -0.05) is 24.3 Å². The van der Waals surface area contributed by atoms with E-state index in [1.54, 1.807) is 12.1 Å². The molecule has 0 aliphatic rings. The number of fused-ring (bicyclic) bond motifs is 1. The first-order chi connectivity index (χ1) is 12.1. The molecule has 0 amide bonds. The summed E-state index contributed by atoms with van der Waals surface area (Å²) in [6.45, 7) is -2.76. The number of carbonyl (C=O) groups excluding carboxylic acids is 1. The second-order valence-corrected chi connectivity index (χ2v) is 6.08. The standard InChI is InChI=1S/C18H13F2NO3S/c19-18(20)24-13-8-5-12(6-9-13)7-10-17(22)23-11-16-21-14-3-1-2-4-15(14)25-16/h1-10,18H,11H2/b10-7+. The quantitative estimate of drug-likeness (QED) is 0.473. The molecular weight excluding hydrogens is 348 g/mol. The van der Waals surface area contributed by atoms with Crippen molar-refractivity contribution in [2.45, 2.75) is 13.2 Å². The molecule has 0 N–H and O–H groups in total. The van der Waals surface area contributed by atoms with Crippen molar-refractivity contribution < 1.29 is 23.0 Å².